The van der Waals surface area contributed by atoms with Crippen LogP contribution in [-0.2, 0) is 9.59 Å². The number of thioether (sulfide) groups is 1. The molecule has 3 nitrogen and oxygen atoms in total. The first-order valence-corrected chi connectivity index (χ1v) is 5.65. The van der Waals surface area contributed by atoms with Gasteiger partial charge in [-0.25, -0.2) is 4.90 Å². The Morgan fingerprint density at radius 1 is 1.13 bits per heavy atom. The number of carbonyl (C=O) groups is 2. The lowest BCUT2D eigenvalue weighted by atomic mass is 10.3. The van der Waals surface area contributed by atoms with Crippen molar-refractivity contribution in [2.45, 2.75) is 4.90 Å². The first kappa shape index (κ1) is 9.98. The molecule has 0 atom stereocenters. The molecule has 15 heavy (non-hydrogen) atoms. The summed E-state index contributed by atoms with van der Waals surface area (Å²) < 4.78 is 0. The van der Waals surface area contributed by atoms with Crippen molar-refractivity contribution in [2.75, 3.05) is 11.2 Å². The summed E-state index contributed by atoms with van der Waals surface area (Å²) in [6.45, 7) is 0. The normalized spacial score (nSPS) is 15.1. The molecule has 0 radical (unpaired) electrons. The quantitative estimate of drug-likeness (QED) is 0.562. The van der Waals surface area contributed by atoms with Crippen molar-refractivity contribution in [3.05, 3.63) is 36.4 Å². The van der Waals surface area contributed by atoms with Crippen LogP contribution < -0.4 is 4.90 Å². The zero-order valence-electron chi connectivity index (χ0n) is 8.14. The van der Waals surface area contributed by atoms with Gasteiger partial charge in [0.1, 0.15) is 0 Å². The zero-order chi connectivity index (χ0) is 10.8. The number of hydrogen-bond donors (Lipinski definition) is 0. The highest BCUT2D eigenvalue weighted by Gasteiger charge is 2.24. The van der Waals surface area contributed by atoms with E-state index in [4.69, 9.17) is 0 Å². The molecule has 0 aliphatic carbocycles. The van der Waals surface area contributed by atoms with Crippen LogP contribution in [0.5, 0.6) is 0 Å². The summed E-state index contributed by atoms with van der Waals surface area (Å²) >= 11 is 1.57. The molecule has 0 spiro atoms. The predicted octanol–water partition coefficient (Wildman–Crippen LogP) is 1.84. The number of amides is 2. The van der Waals surface area contributed by atoms with E-state index in [1.54, 1.807) is 17.8 Å². The van der Waals surface area contributed by atoms with Gasteiger partial charge in [-0.05, 0) is 24.5 Å². The molecule has 1 aliphatic rings. The highest BCUT2D eigenvalue weighted by molar-refractivity contribution is 7.98. The smallest absolute Gasteiger partial charge is 0.258 e. The number of nitrogens with zero attached hydrogens (tertiary/aromatic N) is 1. The zero-order valence-corrected chi connectivity index (χ0v) is 8.95. The van der Waals surface area contributed by atoms with Crippen molar-refractivity contribution in [3.63, 3.8) is 0 Å². The second-order valence-electron chi connectivity index (χ2n) is 3.05. The van der Waals surface area contributed by atoms with E-state index in [1.807, 2.05) is 24.5 Å². The molecule has 1 aliphatic heterocycles. The van der Waals surface area contributed by atoms with Crippen LogP contribution in [0.15, 0.2) is 41.3 Å². The second-order valence-corrected chi connectivity index (χ2v) is 3.93. The second kappa shape index (κ2) is 3.90. The molecule has 0 bridgehead atoms. The summed E-state index contributed by atoms with van der Waals surface area (Å²) in [4.78, 5) is 25.0. The number of hydrogen-bond acceptors (Lipinski definition) is 3. The Morgan fingerprint density at radius 2 is 1.80 bits per heavy atom. The molecule has 0 saturated carbocycles. The number of carbonyl (C=O) groups excluding carboxylic acids is 2. The summed E-state index contributed by atoms with van der Waals surface area (Å²) in [6, 6.07) is 7.35. The Hall–Kier alpha value is -1.55. The van der Waals surface area contributed by atoms with E-state index in [9.17, 15) is 9.59 Å². The third-order valence-electron chi connectivity index (χ3n) is 2.12. The molecule has 2 amide bonds. The molecule has 0 N–H and O–H groups in total. The minimum atomic E-state index is -0.279. The van der Waals surface area contributed by atoms with E-state index in [0.717, 1.165) is 4.90 Å². The minimum absolute atomic E-state index is 0.279. The van der Waals surface area contributed by atoms with Gasteiger partial charge in [0.15, 0.2) is 0 Å². The molecular formula is C11H9NO2S. The van der Waals surface area contributed by atoms with E-state index in [0.29, 0.717) is 5.69 Å². The van der Waals surface area contributed by atoms with Crippen molar-refractivity contribution in [1.29, 1.82) is 0 Å². The van der Waals surface area contributed by atoms with E-state index in [1.165, 1.54) is 17.1 Å². The van der Waals surface area contributed by atoms with Crippen LogP contribution in [0, 0.1) is 0 Å². The summed E-state index contributed by atoms with van der Waals surface area (Å²) in [5.74, 6) is -0.559. The maximum atomic E-state index is 11.4. The monoisotopic (exact) mass is 219 g/mol. The van der Waals surface area contributed by atoms with Crippen LogP contribution in [-0.4, -0.2) is 18.1 Å². The fourth-order valence-electron chi connectivity index (χ4n) is 1.40. The highest BCUT2D eigenvalue weighted by Crippen LogP contribution is 2.24. The summed E-state index contributed by atoms with van der Waals surface area (Å²) in [7, 11) is 0. The van der Waals surface area contributed by atoms with Gasteiger partial charge in [-0.3, -0.25) is 9.59 Å². The number of benzene rings is 1. The maximum absolute atomic E-state index is 11.4. The van der Waals surface area contributed by atoms with Gasteiger partial charge in [0, 0.05) is 17.0 Å². The van der Waals surface area contributed by atoms with Gasteiger partial charge in [-0.1, -0.05) is 6.07 Å². The largest absolute Gasteiger partial charge is 0.269 e. The molecule has 4 heteroatoms. The number of rotatable bonds is 2. The van der Waals surface area contributed by atoms with Crippen LogP contribution in [0.1, 0.15) is 0 Å². The van der Waals surface area contributed by atoms with Gasteiger partial charge in [0.05, 0.1) is 5.69 Å². The number of anilines is 1. The molecule has 0 aromatic heterocycles. The highest BCUT2D eigenvalue weighted by atomic mass is 32.2. The lowest BCUT2D eigenvalue weighted by Gasteiger charge is -2.14. The van der Waals surface area contributed by atoms with Crippen LogP contribution in [0.2, 0.25) is 0 Å². The van der Waals surface area contributed by atoms with E-state index in [2.05, 4.69) is 0 Å². The fraction of sp³-hybridized carbons (Fsp3) is 0.0909. The Labute approximate surface area is 91.8 Å². The van der Waals surface area contributed by atoms with Gasteiger partial charge < -0.3 is 0 Å². The van der Waals surface area contributed by atoms with E-state index >= 15 is 0 Å². The SMILES string of the molecule is CSc1cccc(N2C(=O)C=CC2=O)c1. The molecule has 76 valence electrons. The van der Waals surface area contributed by atoms with E-state index in [-0.39, 0.29) is 11.8 Å². The molecule has 1 aromatic carbocycles. The fourth-order valence-corrected chi connectivity index (χ4v) is 1.86. The average molecular weight is 219 g/mol. The molecule has 0 fully saturated rings. The van der Waals surface area contributed by atoms with Crippen LogP contribution >= 0.6 is 11.8 Å². The van der Waals surface area contributed by atoms with Crippen LogP contribution in [0.4, 0.5) is 5.69 Å². The molecule has 2 rings (SSSR count). The van der Waals surface area contributed by atoms with Crippen molar-refractivity contribution in [1.82, 2.24) is 0 Å². The van der Waals surface area contributed by atoms with Crippen molar-refractivity contribution in [3.8, 4) is 0 Å². The number of imide groups is 1. The van der Waals surface area contributed by atoms with Gasteiger partial charge in [-0.15, -0.1) is 11.8 Å². The Balaban J connectivity index is 2.37. The maximum Gasteiger partial charge on any atom is 0.258 e. The van der Waals surface area contributed by atoms with Gasteiger partial charge in [0.25, 0.3) is 11.8 Å². The standard InChI is InChI=1S/C11H9NO2S/c1-15-9-4-2-3-8(7-9)12-10(13)5-6-11(12)14/h2-7H,1H3. The first-order valence-electron chi connectivity index (χ1n) is 4.42. The van der Waals surface area contributed by atoms with E-state index < -0.39 is 0 Å². The summed E-state index contributed by atoms with van der Waals surface area (Å²) in [6.07, 6.45) is 4.52. The van der Waals surface area contributed by atoms with Crippen LogP contribution in [0.3, 0.4) is 0 Å². The topological polar surface area (TPSA) is 37.4 Å². The molecule has 0 saturated heterocycles. The molecule has 1 aromatic rings. The van der Waals surface area contributed by atoms with Gasteiger partial charge in [-0.2, -0.15) is 0 Å². The third kappa shape index (κ3) is 1.80. The Morgan fingerprint density at radius 3 is 2.40 bits per heavy atom. The third-order valence-corrected chi connectivity index (χ3v) is 2.85. The van der Waals surface area contributed by atoms with Crippen LogP contribution in [0.25, 0.3) is 0 Å². The Kier molecular flexibility index (Phi) is 2.60. The average Bonchev–Trinajstić information content (AvgIpc) is 2.59. The first-order chi connectivity index (χ1) is 7.22. The van der Waals surface area contributed by atoms with Gasteiger partial charge >= 0.3 is 0 Å². The summed E-state index contributed by atoms with van der Waals surface area (Å²) in [5.41, 5.74) is 0.627. The van der Waals surface area contributed by atoms with Crippen molar-refractivity contribution < 1.29 is 9.59 Å². The minimum Gasteiger partial charge on any atom is -0.269 e. The predicted molar refractivity (Wildman–Crippen MR) is 59.9 cm³/mol. The lowest BCUT2D eigenvalue weighted by Crippen LogP contribution is -2.29. The Bertz CT molecular complexity index is 436. The summed E-state index contributed by atoms with van der Waals surface area (Å²) in [5, 5.41) is 0. The molecular weight excluding hydrogens is 210 g/mol. The van der Waals surface area contributed by atoms with Crippen molar-refractivity contribution in [2.24, 2.45) is 0 Å². The van der Waals surface area contributed by atoms with Gasteiger partial charge in [0.2, 0.25) is 0 Å². The lowest BCUT2D eigenvalue weighted by molar-refractivity contribution is -0.119. The molecule has 1 heterocycles. The molecule has 0 unspecified atom stereocenters. The van der Waals surface area contributed by atoms with Crippen molar-refractivity contribution >= 4 is 29.3 Å².